The zero-order valence-corrected chi connectivity index (χ0v) is 10.9. The molecule has 0 heterocycles. The number of halogens is 1. The number of benzene rings is 2. The lowest BCUT2D eigenvalue weighted by molar-refractivity contribution is 0.102. The number of aromatic hydroxyl groups is 2. The minimum Gasteiger partial charge on any atom is -0.508 e. The third-order valence-corrected chi connectivity index (χ3v) is 3.06. The van der Waals surface area contributed by atoms with Gasteiger partial charge in [-0.2, -0.15) is 0 Å². The number of nitrogens with one attached hydrogen (secondary N) is 1. The van der Waals surface area contributed by atoms with Crippen molar-refractivity contribution in [1.29, 1.82) is 0 Å². The highest BCUT2D eigenvalue weighted by Crippen LogP contribution is 2.27. The summed E-state index contributed by atoms with van der Waals surface area (Å²) in [5, 5.41) is 21.7. The number of amides is 1. The van der Waals surface area contributed by atoms with Gasteiger partial charge in [-0.15, -0.1) is 0 Å². The van der Waals surface area contributed by atoms with Gasteiger partial charge in [0.15, 0.2) is 0 Å². The zero-order valence-electron chi connectivity index (χ0n) is 10.1. The van der Waals surface area contributed by atoms with Crippen molar-refractivity contribution in [2.75, 3.05) is 5.32 Å². The summed E-state index contributed by atoms with van der Waals surface area (Å²) >= 11 is 5.76. The highest BCUT2D eigenvalue weighted by molar-refractivity contribution is 6.32. The molecule has 0 aliphatic rings. The molecule has 4 nitrogen and oxygen atoms in total. The third kappa shape index (κ3) is 2.80. The molecule has 0 saturated heterocycles. The van der Waals surface area contributed by atoms with E-state index in [9.17, 15) is 15.0 Å². The van der Waals surface area contributed by atoms with Gasteiger partial charge in [0.2, 0.25) is 0 Å². The first-order valence-corrected chi connectivity index (χ1v) is 5.95. The normalized spacial score (nSPS) is 10.2. The highest BCUT2D eigenvalue weighted by Gasteiger charge is 2.12. The fourth-order valence-electron chi connectivity index (χ4n) is 1.65. The third-order valence-electron chi connectivity index (χ3n) is 2.76. The van der Waals surface area contributed by atoms with Crippen LogP contribution in [0.1, 0.15) is 15.9 Å². The van der Waals surface area contributed by atoms with E-state index in [1.165, 1.54) is 24.3 Å². The van der Waals surface area contributed by atoms with Gasteiger partial charge in [0.05, 0.1) is 5.02 Å². The van der Waals surface area contributed by atoms with E-state index in [0.717, 1.165) is 0 Å². The van der Waals surface area contributed by atoms with E-state index < -0.39 is 0 Å². The maximum atomic E-state index is 12.1. The lowest BCUT2D eigenvalue weighted by Gasteiger charge is -2.09. The van der Waals surface area contributed by atoms with E-state index in [1.54, 1.807) is 19.1 Å². The van der Waals surface area contributed by atoms with Gasteiger partial charge in [0.25, 0.3) is 5.91 Å². The van der Waals surface area contributed by atoms with Gasteiger partial charge in [0.1, 0.15) is 11.5 Å². The Bertz CT molecular complexity index is 641. The van der Waals surface area contributed by atoms with Crippen LogP contribution in [0, 0.1) is 6.92 Å². The molecule has 2 aromatic rings. The van der Waals surface area contributed by atoms with Crippen molar-refractivity contribution in [1.82, 2.24) is 0 Å². The summed E-state index contributed by atoms with van der Waals surface area (Å²) < 4.78 is 0. The zero-order chi connectivity index (χ0) is 14.0. The van der Waals surface area contributed by atoms with Crippen LogP contribution in [-0.4, -0.2) is 16.1 Å². The van der Waals surface area contributed by atoms with Crippen LogP contribution in [0.5, 0.6) is 11.5 Å². The first-order valence-electron chi connectivity index (χ1n) is 5.57. The molecule has 2 rings (SSSR count). The average molecular weight is 278 g/mol. The van der Waals surface area contributed by atoms with Gasteiger partial charge in [-0.25, -0.2) is 0 Å². The molecular formula is C14H12ClNO3. The quantitative estimate of drug-likeness (QED) is 0.738. The number of carbonyl (C=O) groups is 1. The average Bonchev–Trinajstić information content (AvgIpc) is 2.37. The van der Waals surface area contributed by atoms with Gasteiger partial charge in [-0.1, -0.05) is 17.7 Å². The van der Waals surface area contributed by atoms with E-state index in [0.29, 0.717) is 16.8 Å². The van der Waals surface area contributed by atoms with Crippen LogP contribution in [0.3, 0.4) is 0 Å². The Morgan fingerprint density at radius 1 is 1.16 bits per heavy atom. The van der Waals surface area contributed by atoms with Crippen LogP contribution in [0.4, 0.5) is 5.69 Å². The van der Waals surface area contributed by atoms with E-state index >= 15 is 0 Å². The fraction of sp³-hybridized carbons (Fsp3) is 0.0714. The Labute approximate surface area is 115 Å². The number of anilines is 1. The van der Waals surface area contributed by atoms with Crippen LogP contribution >= 0.6 is 11.6 Å². The van der Waals surface area contributed by atoms with Gasteiger partial charge in [-0.05, 0) is 37.3 Å². The van der Waals surface area contributed by atoms with E-state index in [1.807, 2.05) is 0 Å². The lowest BCUT2D eigenvalue weighted by Crippen LogP contribution is -2.13. The van der Waals surface area contributed by atoms with E-state index in [4.69, 9.17) is 11.6 Å². The SMILES string of the molecule is Cc1c(O)cccc1C(=O)Nc1ccc(O)c(Cl)c1. The number of carbonyl (C=O) groups excluding carboxylic acids is 1. The number of hydrogen-bond donors (Lipinski definition) is 3. The number of phenols is 2. The van der Waals surface area contributed by atoms with Crippen molar-refractivity contribution >= 4 is 23.2 Å². The summed E-state index contributed by atoms with van der Waals surface area (Å²) in [6.45, 7) is 1.66. The molecule has 0 unspecified atom stereocenters. The maximum Gasteiger partial charge on any atom is 0.256 e. The topological polar surface area (TPSA) is 69.6 Å². The Hall–Kier alpha value is -2.20. The smallest absolute Gasteiger partial charge is 0.256 e. The fourth-order valence-corrected chi connectivity index (χ4v) is 1.83. The summed E-state index contributed by atoms with van der Waals surface area (Å²) in [5.41, 5.74) is 1.35. The van der Waals surface area contributed by atoms with E-state index in [2.05, 4.69) is 5.32 Å². The van der Waals surface area contributed by atoms with Crippen molar-refractivity contribution in [3.8, 4) is 11.5 Å². The molecule has 0 radical (unpaired) electrons. The minimum atomic E-state index is -0.352. The van der Waals surface area contributed by atoms with E-state index in [-0.39, 0.29) is 22.4 Å². The molecule has 98 valence electrons. The number of hydrogen-bond acceptors (Lipinski definition) is 3. The first kappa shape index (κ1) is 13.2. The van der Waals surface area contributed by atoms with Crippen LogP contribution in [0.15, 0.2) is 36.4 Å². The van der Waals surface area contributed by atoms with Crippen molar-refractivity contribution in [2.45, 2.75) is 6.92 Å². The van der Waals surface area contributed by atoms with Gasteiger partial charge < -0.3 is 15.5 Å². The predicted molar refractivity (Wildman–Crippen MR) is 73.9 cm³/mol. The van der Waals surface area contributed by atoms with Gasteiger partial charge in [-0.3, -0.25) is 4.79 Å². The summed E-state index contributed by atoms with van der Waals surface area (Å²) in [6.07, 6.45) is 0. The van der Waals surface area contributed by atoms with Crippen LogP contribution in [0.2, 0.25) is 5.02 Å². The second kappa shape index (κ2) is 5.20. The highest BCUT2D eigenvalue weighted by atomic mass is 35.5. The van der Waals surface area contributed by atoms with Crippen LogP contribution < -0.4 is 5.32 Å². The molecule has 0 bridgehead atoms. The largest absolute Gasteiger partial charge is 0.508 e. The number of rotatable bonds is 2. The summed E-state index contributed by atoms with van der Waals surface area (Å²) in [6, 6.07) is 9.12. The molecule has 0 aromatic heterocycles. The molecule has 0 aliphatic carbocycles. The molecule has 0 saturated carbocycles. The van der Waals surface area contributed by atoms with Crippen molar-refractivity contribution in [2.24, 2.45) is 0 Å². The molecule has 2 aromatic carbocycles. The summed E-state index contributed by atoms with van der Waals surface area (Å²) in [7, 11) is 0. The molecule has 0 spiro atoms. The summed E-state index contributed by atoms with van der Waals surface area (Å²) in [5.74, 6) is -0.334. The molecule has 1 amide bonds. The molecule has 5 heteroatoms. The van der Waals surface area contributed by atoms with Crippen LogP contribution in [0.25, 0.3) is 0 Å². The lowest BCUT2D eigenvalue weighted by atomic mass is 10.1. The maximum absolute atomic E-state index is 12.1. The predicted octanol–water partition coefficient (Wildman–Crippen LogP) is 3.31. The first-order chi connectivity index (χ1) is 8.99. The molecular weight excluding hydrogens is 266 g/mol. The molecule has 3 N–H and O–H groups in total. The Morgan fingerprint density at radius 3 is 2.58 bits per heavy atom. The molecule has 0 aliphatic heterocycles. The second-order valence-corrected chi connectivity index (χ2v) is 4.48. The molecule has 0 fully saturated rings. The Kier molecular flexibility index (Phi) is 3.62. The van der Waals surface area contributed by atoms with Crippen molar-refractivity contribution in [3.05, 3.63) is 52.5 Å². The van der Waals surface area contributed by atoms with Gasteiger partial charge in [0, 0.05) is 16.8 Å². The number of phenolic OH excluding ortho intramolecular Hbond substituents is 2. The van der Waals surface area contributed by atoms with Gasteiger partial charge >= 0.3 is 0 Å². The van der Waals surface area contributed by atoms with Crippen molar-refractivity contribution < 1.29 is 15.0 Å². The second-order valence-electron chi connectivity index (χ2n) is 4.07. The molecule has 19 heavy (non-hydrogen) atoms. The summed E-state index contributed by atoms with van der Waals surface area (Å²) in [4.78, 5) is 12.1. The standard InChI is InChI=1S/C14H12ClNO3/c1-8-10(3-2-4-12(8)17)14(19)16-9-5-6-13(18)11(15)7-9/h2-7,17-18H,1H3,(H,16,19). The minimum absolute atomic E-state index is 0.0480. The Balaban J connectivity index is 2.26. The molecule has 0 atom stereocenters. The monoisotopic (exact) mass is 277 g/mol. The van der Waals surface area contributed by atoms with Crippen molar-refractivity contribution in [3.63, 3.8) is 0 Å². The Morgan fingerprint density at radius 2 is 1.89 bits per heavy atom. The van der Waals surface area contributed by atoms with Crippen LogP contribution in [-0.2, 0) is 0 Å².